The summed E-state index contributed by atoms with van der Waals surface area (Å²) < 4.78 is 53.7. The molecule has 0 atom stereocenters. The van der Waals surface area contributed by atoms with Gasteiger partial charge in [0.05, 0.1) is 0 Å². The van der Waals surface area contributed by atoms with E-state index in [2.05, 4.69) is 22.3 Å². The average molecular weight is 735 g/mol. The molecule has 4 rings (SSSR count). The van der Waals surface area contributed by atoms with E-state index in [0.717, 1.165) is 24.3 Å². The zero-order valence-corrected chi connectivity index (χ0v) is 25.2. The molecule has 2 aromatic carbocycles. The monoisotopic (exact) mass is 735 g/mol. The second-order valence-electron chi connectivity index (χ2n) is 10.3. The summed E-state index contributed by atoms with van der Waals surface area (Å²) >= 11 is 0. The first-order chi connectivity index (χ1) is 18.1. The van der Waals surface area contributed by atoms with Gasteiger partial charge in [-0.05, 0) is 23.5 Å². The molecular weight excluding hydrogens is 705 g/mol. The van der Waals surface area contributed by atoms with Crippen LogP contribution in [0.25, 0.3) is 11.4 Å². The molecule has 0 amide bonds. The number of hydrogen-bond donors (Lipinski definition) is 1. The van der Waals surface area contributed by atoms with Gasteiger partial charge in [0.1, 0.15) is 5.76 Å². The fraction of sp³-hybridized carbons (Fsp3) is 0.276. The van der Waals surface area contributed by atoms with Crippen molar-refractivity contribution in [2.45, 2.75) is 41.5 Å². The van der Waals surface area contributed by atoms with E-state index in [1.165, 1.54) is 27.8 Å². The van der Waals surface area contributed by atoms with E-state index >= 15 is 0 Å². The third-order valence-corrected chi connectivity index (χ3v) is 4.92. The fourth-order valence-corrected chi connectivity index (χ4v) is 2.59. The number of allylic oxidation sites excluding steroid dienone is 2. The molecule has 6 nitrogen and oxygen atoms in total. The van der Waals surface area contributed by atoms with Crippen LogP contribution >= 0.6 is 0 Å². The molecule has 0 bridgehead atoms. The number of rotatable bonds is 3. The number of aromatic nitrogens is 4. The Balaban J connectivity index is 0.000000296. The predicted molar refractivity (Wildman–Crippen MR) is 139 cm³/mol. The fourth-order valence-electron chi connectivity index (χ4n) is 2.59. The van der Waals surface area contributed by atoms with Crippen LogP contribution in [-0.2, 0) is 24.9 Å². The molecule has 2 heterocycles. The summed E-state index contributed by atoms with van der Waals surface area (Å²) in [7, 11) is 0. The Bertz CT molecular complexity index is 1310. The molecule has 40 heavy (non-hydrogen) atoms. The van der Waals surface area contributed by atoms with Gasteiger partial charge < -0.3 is 5.11 Å². The number of carbonyl (C=O) groups excluding carboxylic acids is 1. The number of aliphatic hydroxyl groups excluding tert-OH is 1. The largest absolute Gasteiger partial charge is 0.512 e. The maximum Gasteiger partial charge on any atom is 0.164 e. The normalized spacial score (nSPS) is 11.4. The van der Waals surface area contributed by atoms with Gasteiger partial charge in [-0.25, -0.2) is 0 Å². The number of aliphatic hydroxyl groups is 1. The predicted octanol–water partition coefficient (Wildman–Crippen LogP) is 6.99. The molecule has 0 spiro atoms. The van der Waals surface area contributed by atoms with Gasteiger partial charge in [0.15, 0.2) is 5.78 Å². The van der Waals surface area contributed by atoms with Gasteiger partial charge in [-0.15, -0.1) is 24.3 Å². The Hall–Kier alpha value is -3.56. The van der Waals surface area contributed by atoms with Gasteiger partial charge in [0, 0.05) is 85.1 Å². The molecule has 0 aliphatic rings. The van der Waals surface area contributed by atoms with Crippen LogP contribution in [0.2, 0.25) is 0 Å². The van der Waals surface area contributed by atoms with E-state index in [9.17, 15) is 27.5 Å². The summed E-state index contributed by atoms with van der Waals surface area (Å²) in [5.74, 6) is -2.54. The van der Waals surface area contributed by atoms with Gasteiger partial charge in [-0.3, -0.25) is 31.7 Å². The molecule has 0 saturated carbocycles. The minimum absolute atomic E-state index is 0. The van der Waals surface area contributed by atoms with E-state index in [1.807, 2.05) is 41.5 Å². The molecule has 217 valence electrons. The molecule has 2 aromatic heterocycles. The molecule has 4 aromatic rings. The molecule has 1 radical (unpaired) electrons. The first-order valence-electron chi connectivity index (χ1n) is 11.8. The van der Waals surface area contributed by atoms with Gasteiger partial charge >= 0.3 is 0 Å². The molecule has 0 fully saturated rings. The number of ketones is 1. The van der Waals surface area contributed by atoms with Crippen LogP contribution in [0, 0.1) is 46.2 Å². The van der Waals surface area contributed by atoms with E-state index in [-0.39, 0.29) is 48.4 Å². The van der Waals surface area contributed by atoms with Crippen molar-refractivity contribution < 1.29 is 47.6 Å². The van der Waals surface area contributed by atoms with Crippen molar-refractivity contribution in [1.29, 1.82) is 0 Å². The van der Waals surface area contributed by atoms with Crippen molar-refractivity contribution in [2.75, 3.05) is 0 Å². The summed E-state index contributed by atoms with van der Waals surface area (Å²) in [6.45, 7) is 11.1. The van der Waals surface area contributed by atoms with Crippen molar-refractivity contribution in [2.24, 2.45) is 10.8 Å². The molecule has 1 N–H and O–H groups in total. The molecule has 0 saturated heterocycles. The molecule has 0 aliphatic heterocycles. The van der Waals surface area contributed by atoms with Crippen LogP contribution in [0.1, 0.15) is 41.5 Å². The van der Waals surface area contributed by atoms with Gasteiger partial charge in [-0.2, -0.15) is 22.3 Å². The van der Waals surface area contributed by atoms with Crippen molar-refractivity contribution in [3.05, 3.63) is 108 Å². The zero-order chi connectivity index (χ0) is 29.4. The van der Waals surface area contributed by atoms with Gasteiger partial charge in [0.25, 0.3) is 0 Å². The third-order valence-electron chi connectivity index (χ3n) is 4.92. The van der Waals surface area contributed by atoms with Crippen LogP contribution in [-0.4, -0.2) is 30.5 Å². The molecule has 0 aliphatic carbocycles. The van der Waals surface area contributed by atoms with E-state index in [4.69, 9.17) is 0 Å². The van der Waals surface area contributed by atoms with Crippen molar-refractivity contribution in [3.63, 3.8) is 0 Å². The zero-order valence-electron chi connectivity index (χ0n) is 22.8. The van der Waals surface area contributed by atoms with Crippen molar-refractivity contribution >= 4 is 5.78 Å². The topological polar surface area (TPSA) is 72.9 Å². The van der Waals surface area contributed by atoms with Crippen molar-refractivity contribution in [1.82, 2.24) is 19.6 Å². The minimum atomic E-state index is -0.677. The second kappa shape index (κ2) is 14.7. The Morgan fingerprint density at radius 2 is 1.20 bits per heavy atom. The van der Waals surface area contributed by atoms with Crippen LogP contribution in [0.4, 0.5) is 17.6 Å². The SMILES string of the molecule is CC(C)(C)C(=O)/C=C(/O)C(C)(C)C.Fc1c[c-]c(-n2cccn2)c(F)c1.Fc1c[c-]c(-n2cccn2)c(F)c1.[Ir]. The second-order valence-corrected chi connectivity index (χ2v) is 10.3. The van der Waals surface area contributed by atoms with Crippen LogP contribution in [0.5, 0.6) is 0 Å². The summed E-state index contributed by atoms with van der Waals surface area (Å²) in [6, 6.07) is 12.0. The van der Waals surface area contributed by atoms with Crippen LogP contribution in [0.15, 0.2) is 73.0 Å². The maximum atomic E-state index is 13.1. The first kappa shape index (κ1) is 34.5. The summed E-state index contributed by atoms with van der Waals surface area (Å²) in [6.07, 6.45) is 7.48. The summed E-state index contributed by atoms with van der Waals surface area (Å²) in [5.41, 5.74) is -0.530. The first-order valence-corrected chi connectivity index (χ1v) is 11.8. The Morgan fingerprint density at radius 3 is 1.48 bits per heavy atom. The Morgan fingerprint density at radius 1 is 0.800 bits per heavy atom. The third kappa shape index (κ3) is 10.5. The smallest absolute Gasteiger partial charge is 0.164 e. The average Bonchev–Trinajstić information content (AvgIpc) is 3.53. The summed E-state index contributed by atoms with van der Waals surface area (Å²) in [5, 5.41) is 17.2. The standard InChI is InChI=1S/C11H20O2.2C9H5F2N2.Ir/c1-10(2,3)8(12)7-9(13)11(4,5)6;2*10-7-2-3-9(8(11)6-7)13-5-1-4-12-13;/h7,12H,1-6H3;2*1-2,4-6H;/q;2*-1;/b8-7+;;;. The van der Waals surface area contributed by atoms with Gasteiger partial charge in [-0.1, -0.05) is 41.5 Å². The summed E-state index contributed by atoms with van der Waals surface area (Å²) in [4.78, 5) is 11.5. The Labute approximate surface area is 244 Å². The number of nitrogens with zero attached hydrogens (tertiary/aromatic N) is 4. The quantitative estimate of drug-likeness (QED) is 0.107. The molecule has 11 heteroatoms. The van der Waals surface area contributed by atoms with Crippen LogP contribution < -0.4 is 0 Å². The Kier molecular flexibility index (Phi) is 12.7. The van der Waals surface area contributed by atoms with E-state index in [0.29, 0.717) is 0 Å². The number of halogens is 4. The van der Waals surface area contributed by atoms with Crippen molar-refractivity contribution in [3.8, 4) is 11.4 Å². The van der Waals surface area contributed by atoms with E-state index in [1.54, 1.807) is 24.5 Å². The number of benzene rings is 2. The van der Waals surface area contributed by atoms with Gasteiger partial charge in [0.2, 0.25) is 0 Å². The maximum absolute atomic E-state index is 13.1. The number of carbonyl (C=O) groups is 1. The minimum Gasteiger partial charge on any atom is -0.512 e. The molecular formula is C29H30F4IrN4O2-2. The van der Waals surface area contributed by atoms with Crippen LogP contribution in [0.3, 0.4) is 0 Å². The number of hydrogen-bond acceptors (Lipinski definition) is 4. The molecule has 0 unspecified atom stereocenters. The van der Waals surface area contributed by atoms with E-state index < -0.39 is 28.7 Å².